The lowest BCUT2D eigenvalue weighted by Crippen LogP contribution is -2.49. The minimum absolute atomic E-state index is 0.106. The second kappa shape index (κ2) is 8.79. The van der Waals surface area contributed by atoms with Gasteiger partial charge in [-0.3, -0.25) is 4.79 Å². The number of carbonyl (C=O) groups excluding carboxylic acids is 1. The lowest BCUT2D eigenvalue weighted by atomic mass is 10.1. The van der Waals surface area contributed by atoms with E-state index in [4.69, 9.17) is 9.15 Å². The Labute approximate surface area is 200 Å². The van der Waals surface area contributed by atoms with Gasteiger partial charge in [-0.1, -0.05) is 36.4 Å². The summed E-state index contributed by atoms with van der Waals surface area (Å²) in [6, 6.07) is 19.4. The van der Waals surface area contributed by atoms with Crippen LogP contribution in [0.4, 0.5) is 5.82 Å². The number of rotatable bonds is 5. The van der Waals surface area contributed by atoms with E-state index in [-0.39, 0.29) is 12.5 Å². The number of nitrogens with zero attached hydrogens (tertiary/aromatic N) is 4. The highest BCUT2D eigenvalue weighted by Crippen LogP contribution is 2.30. The van der Waals surface area contributed by atoms with Crippen LogP contribution in [0, 0.1) is 0 Å². The summed E-state index contributed by atoms with van der Waals surface area (Å²) < 4.78 is 12.0. The Kier molecular flexibility index (Phi) is 5.35. The molecule has 0 spiro atoms. The van der Waals surface area contributed by atoms with Crippen molar-refractivity contribution in [2.75, 3.05) is 31.1 Å². The quantitative estimate of drug-likeness (QED) is 0.361. The molecule has 34 heavy (non-hydrogen) atoms. The molecule has 0 aliphatic carbocycles. The Morgan fingerprint density at radius 3 is 2.59 bits per heavy atom. The van der Waals surface area contributed by atoms with Crippen molar-refractivity contribution in [2.45, 2.75) is 6.61 Å². The van der Waals surface area contributed by atoms with Gasteiger partial charge in [-0.25, -0.2) is 9.97 Å². The second-order valence-electron chi connectivity index (χ2n) is 8.12. The van der Waals surface area contributed by atoms with Crippen molar-refractivity contribution in [3.8, 4) is 5.75 Å². The molecule has 1 fully saturated rings. The molecular formula is C26H22N4O3S. The summed E-state index contributed by atoms with van der Waals surface area (Å²) in [5, 5.41) is 4.00. The number of piperazine rings is 1. The van der Waals surface area contributed by atoms with Crippen molar-refractivity contribution in [3.63, 3.8) is 0 Å². The molecule has 170 valence electrons. The van der Waals surface area contributed by atoms with E-state index in [1.54, 1.807) is 17.7 Å². The van der Waals surface area contributed by atoms with E-state index in [2.05, 4.69) is 20.9 Å². The fraction of sp³-hybridized carbons (Fsp3) is 0.192. The van der Waals surface area contributed by atoms with Crippen LogP contribution in [-0.4, -0.2) is 47.0 Å². The fourth-order valence-corrected chi connectivity index (χ4v) is 5.11. The molecule has 0 radical (unpaired) electrons. The molecule has 3 aromatic heterocycles. The summed E-state index contributed by atoms with van der Waals surface area (Å²) in [4.78, 5) is 27.5. The van der Waals surface area contributed by atoms with Crippen LogP contribution < -0.4 is 9.64 Å². The molecule has 1 aliphatic rings. The van der Waals surface area contributed by atoms with Crippen molar-refractivity contribution >= 4 is 44.2 Å². The number of aromatic nitrogens is 2. The first-order valence-corrected chi connectivity index (χ1v) is 12.1. The van der Waals surface area contributed by atoms with Crippen molar-refractivity contribution in [3.05, 3.63) is 83.7 Å². The average molecular weight is 471 g/mol. The third kappa shape index (κ3) is 3.76. The van der Waals surface area contributed by atoms with Gasteiger partial charge in [0.2, 0.25) is 0 Å². The highest BCUT2D eigenvalue weighted by Gasteiger charge is 2.29. The highest BCUT2D eigenvalue weighted by atomic mass is 32.1. The molecule has 1 aliphatic heterocycles. The number of fused-ring (bicyclic) bond motifs is 2. The molecule has 8 heteroatoms. The SMILES string of the molecule is O=C(c1oc2ccccc2c1COc1ccccc1)N1CCN(c2ncnc3sccc23)CC1. The Morgan fingerprint density at radius 1 is 0.941 bits per heavy atom. The topological polar surface area (TPSA) is 71.7 Å². The standard InChI is InChI=1S/C26H22N4O3S/c31-26(30-13-11-29(12-14-30)24-20-10-15-34-25(20)28-17-27-24)23-21(16-32-18-6-2-1-3-7-18)19-8-4-5-9-22(19)33-23/h1-10,15,17H,11-14,16H2. The monoisotopic (exact) mass is 470 g/mol. The average Bonchev–Trinajstić information content (AvgIpc) is 3.52. The van der Waals surface area contributed by atoms with E-state index in [1.807, 2.05) is 64.9 Å². The van der Waals surface area contributed by atoms with Crippen LogP contribution in [0.1, 0.15) is 16.1 Å². The molecule has 1 amide bonds. The molecule has 0 N–H and O–H groups in total. The summed E-state index contributed by atoms with van der Waals surface area (Å²) in [6.07, 6.45) is 1.61. The van der Waals surface area contributed by atoms with Crippen LogP contribution in [0.3, 0.4) is 0 Å². The van der Waals surface area contributed by atoms with Crippen LogP contribution in [-0.2, 0) is 6.61 Å². The van der Waals surface area contributed by atoms with Crippen LogP contribution in [0.2, 0.25) is 0 Å². The molecule has 6 rings (SSSR count). The van der Waals surface area contributed by atoms with Gasteiger partial charge < -0.3 is 19.0 Å². The molecule has 4 heterocycles. The largest absolute Gasteiger partial charge is 0.489 e. The van der Waals surface area contributed by atoms with Crippen LogP contribution in [0.5, 0.6) is 5.75 Å². The van der Waals surface area contributed by atoms with Gasteiger partial charge in [-0.2, -0.15) is 0 Å². The number of benzene rings is 2. The van der Waals surface area contributed by atoms with E-state index in [1.165, 1.54) is 0 Å². The Bertz CT molecular complexity index is 1460. The molecule has 0 unspecified atom stereocenters. The number of anilines is 1. The summed E-state index contributed by atoms with van der Waals surface area (Å²) in [7, 11) is 0. The Hall–Kier alpha value is -3.91. The first-order valence-electron chi connectivity index (χ1n) is 11.2. The molecular weight excluding hydrogens is 448 g/mol. The zero-order chi connectivity index (χ0) is 22.9. The number of furan rings is 1. The lowest BCUT2D eigenvalue weighted by molar-refractivity contribution is 0.0713. The van der Waals surface area contributed by atoms with Crippen molar-refractivity contribution in [1.29, 1.82) is 0 Å². The van der Waals surface area contributed by atoms with Gasteiger partial charge in [0.25, 0.3) is 5.91 Å². The maximum atomic E-state index is 13.5. The predicted molar refractivity (Wildman–Crippen MR) is 133 cm³/mol. The zero-order valence-corrected chi connectivity index (χ0v) is 19.2. The van der Waals surface area contributed by atoms with Crippen LogP contribution in [0.15, 0.2) is 76.8 Å². The first-order chi connectivity index (χ1) is 16.8. The number of hydrogen-bond donors (Lipinski definition) is 0. The highest BCUT2D eigenvalue weighted by molar-refractivity contribution is 7.16. The van der Waals surface area contributed by atoms with Crippen LogP contribution in [0.25, 0.3) is 21.2 Å². The van der Waals surface area contributed by atoms with E-state index in [9.17, 15) is 4.79 Å². The van der Waals surface area contributed by atoms with Crippen molar-refractivity contribution in [2.24, 2.45) is 0 Å². The summed E-state index contributed by atoms with van der Waals surface area (Å²) >= 11 is 1.61. The first kappa shape index (κ1) is 20.7. The molecule has 0 bridgehead atoms. The molecule has 1 saturated heterocycles. The molecule has 0 atom stereocenters. The van der Waals surface area contributed by atoms with Gasteiger partial charge in [-0.15, -0.1) is 11.3 Å². The normalized spacial score (nSPS) is 14.1. The summed E-state index contributed by atoms with van der Waals surface area (Å²) in [6.45, 7) is 2.84. The van der Waals surface area contributed by atoms with E-state index < -0.39 is 0 Å². The summed E-state index contributed by atoms with van der Waals surface area (Å²) in [5.74, 6) is 1.93. The molecule has 5 aromatic rings. The van der Waals surface area contributed by atoms with E-state index >= 15 is 0 Å². The maximum Gasteiger partial charge on any atom is 0.290 e. The smallest absolute Gasteiger partial charge is 0.290 e. The lowest BCUT2D eigenvalue weighted by Gasteiger charge is -2.35. The fourth-order valence-electron chi connectivity index (χ4n) is 4.38. The number of thiophene rings is 1. The Morgan fingerprint density at radius 2 is 1.74 bits per heavy atom. The van der Waals surface area contributed by atoms with Crippen molar-refractivity contribution in [1.82, 2.24) is 14.9 Å². The molecule has 7 nitrogen and oxygen atoms in total. The number of carbonyl (C=O) groups is 1. The zero-order valence-electron chi connectivity index (χ0n) is 18.4. The minimum atomic E-state index is -0.106. The maximum absolute atomic E-state index is 13.5. The Balaban J connectivity index is 1.23. The van der Waals surface area contributed by atoms with Crippen molar-refractivity contribution < 1.29 is 13.9 Å². The van der Waals surface area contributed by atoms with Gasteiger partial charge >= 0.3 is 0 Å². The minimum Gasteiger partial charge on any atom is -0.489 e. The van der Waals surface area contributed by atoms with Crippen LogP contribution >= 0.6 is 11.3 Å². The van der Waals surface area contributed by atoms with Gasteiger partial charge in [0.15, 0.2) is 5.76 Å². The third-order valence-corrected chi connectivity index (χ3v) is 6.95. The molecule has 0 saturated carbocycles. The number of para-hydroxylation sites is 2. The predicted octanol–water partition coefficient (Wildman–Crippen LogP) is 4.98. The molecule has 2 aromatic carbocycles. The van der Waals surface area contributed by atoms with Gasteiger partial charge in [0.1, 0.15) is 34.9 Å². The second-order valence-corrected chi connectivity index (χ2v) is 9.02. The van der Waals surface area contributed by atoms with Gasteiger partial charge in [0, 0.05) is 37.1 Å². The van der Waals surface area contributed by atoms with Gasteiger partial charge in [0.05, 0.1) is 5.39 Å². The third-order valence-electron chi connectivity index (χ3n) is 6.13. The van der Waals surface area contributed by atoms with Gasteiger partial charge in [-0.05, 0) is 29.6 Å². The summed E-state index contributed by atoms with van der Waals surface area (Å²) in [5.41, 5.74) is 1.47. The number of amides is 1. The van der Waals surface area contributed by atoms with E-state index in [0.717, 1.165) is 32.7 Å². The number of ether oxygens (including phenoxy) is 1. The van der Waals surface area contributed by atoms with E-state index in [0.29, 0.717) is 37.5 Å². The number of hydrogen-bond acceptors (Lipinski definition) is 7.